The van der Waals surface area contributed by atoms with Crippen LogP contribution in [0.5, 0.6) is 0 Å². The van der Waals surface area contributed by atoms with Crippen LogP contribution in [0.25, 0.3) is 5.69 Å². The van der Waals surface area contributed by atoms with Gasteiger partial charge < -0.3 is 5.32 Å². The fourth-order valence-corrected chi connectivity index (χ4v) is 2.25. The van der Waals surface area contributed by atoms with Gasteiger partial charge in [0.15, 0.2) is 5.69 Å². The molecule has 124 valence electrons. The lowest BCUT2D eigenvalue weighted by Gasteiger charge is -2.21. The second-order valence-corrected chi connectivity index (χ2v) is 5.80. The molecule has 3 rings (SSSR count). The number of para-hydroxylation sites is 1. The molecule has 0 aliphatic heterocycles. The summed E-state index contributed by atoms with van der Waals surface area (Å²) in [5, 5.41) is 15.5. The van der Waals surface area contributed by atoms with Gasteiger partial charge >= 0.3 is 0 Å². The van der Waals surface area contributed by atoms with Crippen molar-refractivity contribution in [2.24, 2.45) is 5.92 Å². The van der Waals surface area contributed by atoms with Gasteiger partial charge in [-0.05, 0) is 18.1 Å². The van der Waals surface area contributed by atoms with E-state index in [4.69, 9.17) is 0 Å². The molecule has 1 aromatic carbocycles. The number of amides is 1. The molecule has 0 saturated heterocycles. The molecule has 1 atom stereocenters. The number of nitrogens with one attached hydrogen (secondary N) is 1. The normalized spacial score (nSPS) is 12.3. The van der Waals surface area contributed by atoms with E-state index in [-0.39, 0.29) is 23.6 Å². The van der Waals surface area contributed by atoms with Crippen LogP contribution in [-0.4, -0.2) is 41.7 Å². The van der Waals surface area contributed by atoms with Crippen molar-refractivity contribution in [1.29, 1.82) is 0 Å². The highest BCUT2D eigenvalue weighted by Crippen LogP contribution is 2.07. The molecular formula is C16H19N7O. The van der Waals surface area contributed by atoms with Crippen LogP contribution >= 0.6 is 0 Å². The second-order valence-electron chi connectivity index (χ2n) is 5.80. The molecule has 2 aromatic heterocycles. The minimum atomic E-state index is -0.254. The smallest absolute Gasteiger partial charge is 0.273 e. The zero-order valence-corrected chi connectivity index (χ0v) is 13.6. The van der Waals surface area contributed by atoms with Crippen molar-refractivity contribution >= 4 is 5.91 Å². The van der Waals surface area contributed by atoms with Gasteiger partial charge in [0.05, 0.1) is 24.5 Å². The summed E-state index contributed by atoms with van der Waals surface area (Å²) in [4.78, 5) is 17.8. The number of hydrogen-bond donors (Lipinski definition) is 1. The van der Waals surface area contributed by atoms with E-state index in [1.165, 1.54) is 17.3 Å². The maximum absolute atomic E-state index is 12.5. The van der Waals surface area contributed by atoms with E-state index in [2.05, 4.69) is 25.6 Å². The average Bonchev–Trinajstić information content (AvgIpc) is 3.26. The Bertz CT molecular complexity index is 780. The lowest BCUT2D eigenvalue weighted by Crippen LogP contribution is -2.41. The summed E-state index contributed by atoms with van der Waals surface area (Å²) in [5.41, 5.74) is 1.09. The SMILES string of the molecule is CC(C)[C@H](Cn1cncn1)NC(=O)c1cnn(-c2ccccc2)n1. The standard InChI is InChI=1S/C16H19N7O/c1-12(2)15(9-22-11-17-10-19-22)20-16(24)14-8-18-23(21-14)13-6-4-3-5-7-13/h3-8,10-12,15H,9H2,1-2H3,(H,20,24)/t15-/m0/s1. The van der Waals surface area contributed by atoms with Crippen LogP contribution in [0.2, 0.25) is 0 Å². The Hall–Kier alpha value is -3.03. The van der Waals surface area contributed by atoms with E-state index in [0.29, 0.717) is 6.54 Å². The van der Waals surface area contributed by atoms with E-state index in [1.807, 2.05) is 44.2 Å². The predicted molar refractivity (Wildman–Crippen MR) is 87.5 cm³/mol. The van der Waals surface area contributed by atoms with Gasteiger partial charge in [-0.2, -0.15) is 15.0 Å². The van der Waals surface area contributed by atoms with Gasteiger partial charge in [-0.3, -0.25) is 9.48 Å². The zero-order chi connectivity index (χ0) is 16.9. The molecule has 0 bridgehead atoms. The van der Waals surface area contributed by atoms with Gasteiger partial charge in [-0.15, -0.1) is 5.10 Å². The fourth-order valence-electron chi connectivity index (χ4n) is 2.25. The molecular weight excluding hydrogens is 306 g/mol. The molecule has 0 spiro atoms. The zero-order valence-electron chi connectivity index (χ0n) is 13.6. The number of hydrogen-bond acceptors (Lipinski definition) is 5. The van der Waals surface area contributed by atoms with Crippen molar-refractivity contribution < 1.29 is 4.79 Å². The molecule has 0 fully saturated rings. The van der Waals surface area contributed by atoms with Crippen molar-refractivity contribution in [3.05, 3.63) is 54.9 Å². The molecule has 0 aliphatic rings. The largest absolute Gasteiger partial charge is 0.346 e. The van der Waals surface area contributed by atoms with Gasteiger partial charge in [-0.1, -0.05) is 32.0 Å². The first-order chi connectivity index (χ1) is 11.6. The van der Waals surface area contributed by atoms with Crippen molar-refractivity contribution in [1.82, 2.24) is 35.1 Å². The Morgan fingerprint density at radius 1 is 1.21 bits per heavy atom. The molecule has 1 N–H and O–H groups in total. The molecule has 8 nitrogen and oxygen atoms in total. The van der Waals surface area contributed by atoms with Crippen LogP contribution in [0.1, 0.15) is 24.3 Å². The highest BCUT2D eigenvalue weighted by atomic mass is 16.2. The first kappa shape index (κ1) is 15.9. The third-order valence-electron chi connectivity index (χ3n) is 3.68. The van der Waals surface area contributed by atoms with E-state index in [0.717, 1.165) is 5.69 Å². The molecule has 2 heterocycles. The topological polar surface area (TPSA) is 90.5 Å². The number of carbonyl (C=O) groups excluding carboxylic acids is 1. The summed E-state index contributed by atoms with van der Waals surface area (Å²) < 4.78 is 1.70. The van der Waals surface area contributed by atoms with Gasteiger partial charge in [0, 0.05) is 0 Å². The molecule has 0 radical (unpaired) electrons. The van der Waals surface area contributed by atoms with Crippen LogP contribution in [0, 0.1) is 5.92 Å². The number of carbonyl (C=O) groups is 1. The Morgan fingerprint density at radius 2 is 2.00 bits per heavy atom. The molecule has 0 saturated carbocycles. The average molecular weight is 325 g/mol. The maximum atomic E-state index is 12.5. The predicted octanol–water partition coefficient (Wildman–Crippen LogP) is 1.31. The van der Waals surface area contributed by atoms with Crippen LogP contribution in [0.15, 0.2) is 49.2 Å². The Kier molecular flexibility index (Phi) is 4.64. The minimum Gasteiger partial charge on any atom is -0.346 e. The quantitative estimate of drug-likeness (QED) is 0.738. The first-order valence-electron chi connectivity index (χ1n) is 7.74. The summed E-state index contributed by atoms with van der Waals surface area (Å²) >= 11 is 0. The molecule has 0 aliphatic carbocycles. The van der Waals surface area contributed by atoms with Crippen molar-refractivity contribution in [2.45, 2.75) is 26.4 Å². The second kappa shape index (κ2) is 7.03. The maximum Gasteiger partial charge on any atom is 0.273 e. The third kappa shape index (κ3) is 3.65. The van der Waals surface area contributed by atoms with E-state index in [9.17, 15) is 4.79 Å². The number of nitrogens with zero attached hydrogens (tertiary/aromatic N) is 6. The molecule has 1 amide bonds. The lowest BCUT2D eigenvalue weighted by atomic mass is 10.0. The molecule has 24 heavy (non-hydrogen) atoms. The van der Waals surface area contributed by atoms with E-state index in [1.54, 1.807) is 11.0 Å². The highest BCUT2D eigenvalue weighted by Gasteiger charge is 2.20. The van der Waals surface area contributed by atoms with Gasteiger partial charge in [0.2, 0.25) is 0 Å². The van der Waals surface area contributed by atoms with Crippen LogP contribution in [-0.2, 0) is 6.54 Å². The van der Waals surface area contributed by atoms with Gasteiger partial charge in [0.1, 0.15) is 12.7 Å². The summed E-state index contributed by atoms with van der Waals surface area (Å²) in [7, 11) is 0. The molecule has 0 unspecified atom stereocenters. The van der Waals surface area contributed by atoms with E-state index < -0.39 is 0 Å². The monoisotopic (exact) mass is 325 g/mol. The Morgan fingerprint density at radius 3 is 2.67 bits per heavy atom. The summed E-state index contributed by atoms with van der Waals surface area (Å²) in [6.07, 6.45) is 4.58. The van der Waals surface area contributed by atoms with Crippen molar-refractivity contribution in [2.75, 3.05) is 0 Å². The Balaban J connectivity index is 1.70. The summed E-state index contributed by atoms with van der Waals surface area (Å²) in [6.45, 7) is 4.64. The minimum absolute atomic E-state index is 0.0823. The molecule has 8 heteroatoms. The highest BCUT2D eigenvalue weighted by molar-refractivity contribution is 5.92. The fraction of sp³-hybridized carbons (Fsp3) is 0.312. The molecule has 3 aromatic rings. The van der Waals surface area contributed by atoms with Crippen LogP contribution < -0.4 is 5.32 Å². The van der Waals surface area contributed by atoms with Crippen LogP contribution in [0.4, 0.5) is 0 Å². The number of aromatic nitrogens is 6. The number of rotatable bonds is 6. The number of benzene rings is 1. The third-order valence-corrected chi connectivity index (χ3v) is 3.68. The Labute approximate surface area is 139 Å². The lowest BCUT2D eigenvalue weighted by molar-refractivity contribution is 0.0914. The first-order valence-corrected chi connectivity index (χ1v) is 7.74. The summed E-state index contributed by atoms with van der Waals surface area (Å²) in [5.74, 6) is -0.0154. The van der Waals surface area contributed by atoms with Crippen LogP contribution in [0.3, 0.4) is 0 Å². The van der Waals surface area contributed by atoms with E-state index >= 15 is 0 Å². The van der Waals surface area contributed by atoms with Crippen molar-refractivity contribution in [3.8, 4) is 5.69 Å². The summed E-state index contributed by atoms with van der Waals surface area (Å²) in [6, 6.07) is 9.38. The van der Waals surface area contributed by atoms with Crippen molar-refractivity contribution in [3.63, 3.8) is 0 Å². The van der Waals surface area contributed by atoms with Gasteiger partial charge in [0.25, 0.3) is 5.91 Å². The van der Waals surface area contributed by atoms with Gasteiger partial charge in [-0.25, -0.2) is 4.98 Å².